The molecule has 4 heteroatoms. The van der Waals surface area contributed by atoms with Crippen LogP contribution in [0, 0.1) is 13.8 Å². The number of hydrogen-bond donors (Lipinski definition) is 0. The summed E-state index contributed by atoms with van der Waals surface area (Å²) in [4.78, 5) is 12.4. The van der Waals surface area contributed by atoms with Gasteiger partial charge in [-0.25, -0.2) is 0 Å². The highest BCUT2D eigenvalue weighted by Crippen LogP contribution is 2.37. The highest BCUT2D eigenvalue weighted by Gasteiger charge is 2.15. The van der Waals surface area contributed by atoms with Gasteiger partial charge in [0.05, 0.1) is 19.3 Å². The van der Waals surface area contributed by atoms with Gasteiger partial charge in [-0.15, -0.1) is 0 Å². The summed E-state index contributed by atoms with van der Waals surface area (Å²) in [5.41, 5.74) is 2.77. The van der Waals surface area contributed by atoms with Crippen LogP contribution in [0.1, 0.15) is 11.1 Å². The molecule has 0 atom stereocenters. The molecule has 0 fully saturated rings. The molecule has 0 heterocycles. The van der Waals surface area contributed by atoms with E-state index in [4.69, 9.17) is 16.3 Å². The van der Waals surface area contributed by atoms with Gasteiger partial charge in [-0.3, -0.25) is 0 Å². The van der Waals surface area contributed by atoms with Crippen molar-refractivity contribution in [1.82, 2.24) is 0 Å². The van der Waals surface area contributed by atoms with Crippen LogP contribution in [0.15, 0.2) is 6.07 Å². The number of aryl methyl sites for hydroxylation is 1. The molecular weight excluding hydrogens is 226 g/mol. The smallest absolute Gasteiger partial charge is 0.142 e. The Morgan fingerprint density at radius 2 is 2.12 bits per heavy atom. The van der Waals surface area contributed by atoms with Gasteiger partial charge in [0, 0.05) is 12.1 Å². The number of ether oxygens (including phenoxy) is 1. The third kappa shape index (κ3) is 2.30. The molecule has 1 rings (SSSR count). The van der Waals surface area contributed by atoms with E-state index in [-0.39, 0.29) is 0 Å². The third-order valence-corrected chi connectivity index (χ3v) is 3.14. The zero-order valence-corrected chi connectivity index (χ0v) is 10.8. The largest absolute Gasteiger partial charge is 0.495 e. The molecule has 0 amide bonds. The molecule has 0 N–H and O–H groups in total. The summed E-state index contributed by atoms with van der Waals surface area (Å²) in [5.74, 6) is 0.740. The first-order valence-electron chi connectivity index (χ1n) is 5.01. The van der Waals surface area contributed by atoms with E-state index in [1.54, 1.807) is 7.11 Å². The van der Waals surface area contributed by atoms with Crippen LogP contribution in [0.3, 0.4) is 0 Å². The van der Waals surface area contributed by atoms with Crippen molar-refractivity contribution >= 4 is 23.6 Å². The van der Waals surface area contributed by atoms with Crippen LogP contribution in [-0.4, -0.2) is 27.0 Å². The van der Waals surface area contributed by atoms with Crippen LogP contribution in [0.4, 0.5) is 5.69 Å². The predicted molar refractivity (Wildman–Crippen MR) is 66.8 cm³/mol. The Morgan fingerprint density at radius 3 is 2.62 bits per heavy atom. The van der Waals surface area contributed by atoms with Gasteiger partial charge in [0.2, 0.25) is 0 Å². The Labute approximate surface area is 101 Å². The van der Waals surface area contributed by atoms with E-state index in [9.17, 15) is 4.79 Å². The van der Waals surface area contributed by atoms with E-state index in [0.29, 0.717) is 11.6 Å². The van der Waals surface area contributed by atoms with Gasteiger partial charge in [0.25, 0.3) is 0 Å². The lowest BCUT2D eigenvalue weighted by atomic mass is 10.1. The number of likely N-dealkylation sites (N-methyl/N-ethyl adjacent to an activating group) is 1. The fourth-order valence-electron chi connectivity index (χ4n) is 1.75. The van der Waals surface area contributed by atoms with E-state index in [2.05, 4.69) is 0 Å². The lowest BCUT2D eigenvalue weighted by Gasteiger charge is -2.23. The minimum absolute atomic E-state index is 0.316. The molecule has 0 aliphatic rings. The lowest BCUT2D eigenvalue weighted by molar-refractivity contribution is -0.106. The second kappa shape index (κ2) is 5.21. The lowest BCUT2D eigenvalue weighted by Crippen LogP contribution is -2.21. The number of methoxy groups -OCH3 is 1. The number of hydrogen-bond acceptors (Lipinski definition) is 3. The molecule has 88 valence electrons. The molecular formula is C12H16ClNO2. The summed E-state index contributed by atoms with van der Waals surface area (Å²) in [6.07, 6.45) is 0.854. The Bertz CT molecular complexity index is 404. The van der Waals surface area contributed by atoms with Gasteiger partial charge >= 0.3 is 0 Å². The number of carbonyl (C=O) groups excluding carboxylic acids is 1. The maximum atomic E-state index is 10.5. The zero-order chi connectivity index (χ0) is 12.3. The van der Waals surface area contributed by atoms with Gasteiger partial charge in [-0.1, -0.05) is 11.6 Å². The standard InChI is InChI=1S/C12H16ClNO2/c1-8-7-10(16-4)12(9(2)11(8)13)14(3)5-6-15/h6-7H,5H2,1-4H3. The Morgan fingerprint density at radius 1 is 1.50 bits per heavy atom. The maximum absolute atomic E-state index is 10.5. The van der Waals surface area contributed by atoms with Crippen molar-refractivity contribution in [2.75, 3.05) is 25.6 Å². The molecule has 1 aromatic rings. The molecule has 0 spiro atoms. The SMILES string of the molecule is COc1cc(C)c(Cl)c(C)c1N(C)CC=O. The monoisotopic (exact) mass is 241 g/mol. The second-order valence-electron chi connectivity index (χ2n) is 3.73. The highest BCUT2D eigenvalue weighted by atomic mass is 35.5. The second-order valence-corrected chi connectivity index (χ2v) is 4.11. The molecule has 0 radical (unpaired) electrons. The summed E-state index contributed by atoms with van der Waals surface area (Å²) in [7, 11) is 3.45. The van der Waals surface area contributed by atoms with E-state index in [1.807, 2.05) is 31.9 Å². The molecule has 0 saturated heterocycles. The first kappa shape index (κ1) is 12.8. The van der Waals surface area contributed by atoms with Crippen molar-refractivity contribution in [1.29, 1.82) is 0 Å². The van der Waals surface area contributed by atoms with E-state index in [0.717, 1.165) is 28.8 Å². The van der Waals surface area contributed by atoms with Crippen LogP contribution in [0.5, 0.6) is 5.75 Å². The van der Waals surface area contributed by atoms with Crippen LogP contribution in [-0.2, 0) is 4.79 Å². The molecule has 0 aliphatic heterocycles. The summed E-state index contributed by atoms with van der Waals surface area (Å²) < 4.78 is 5.31. The van der Waals surface area contributed by atoms with Gasteiger partial charge in [-0.2, -0.15) is 0 Å². The fourth-order valence-corrected chi connectivity index (χ4v) is 1.89. The molecule has 0 unspecified atom stereocenters. The fraction of sp³-hybridized carbons (Fsp3) is 0.417. The van der Waals surface area contributed by atoms with Crippen molar-refractivity contribution in [3.05, 3.63) is 22.2 Å². The summed E-state index contributed by atoms with van der Waals surface area (Å²) in [5, 5.41) is 0.716. The Balaban J connectivity index is 3.34. The molecule has 0 saturated carbocycles. The molecule has 0 aliphatic carbocycles. The Kier molecular flexibility index (Phi) is 4.19. The quantitative estimate of drug-likeness (QED) is 0.759. The van der Waals surface area contributed by atoms with Crippen LogP contribution in [0.2, 0.25) is 5.02 Å². The maximum Gasteiger partial charge on any atom is 0.142 e. The van der Waals surface area contributed by atoms with Gasteiger partial charge in [-0.05, 0) is 31.0 Å². The molecule has 16 heavy (non-hydrogen) atoms. The van der Waals surface area contributed by atoms with Crippen molar-refractivity contribution in [3.63, 3.8) is 0 Å². The van der Waals surface area contributed by atoms with Crippen molar-refractivity contribution < 1.29 is 9.53 Å². The number of nitrogens with zero attached hydrogens (tertiary/aromatic N) is 1. The summed E-state index contributed by atoms with van der Waals surface area (Å²) in [6, 6.07) is 1.88. The van der Waals surface area contributed by atoms with Crippen molar-refractivity contribution in [2.24, 2.45) is 0 Å². The summed E-state index contributed by atoms with van der Waals surface area (Å²) >= 11 is 6.19. The number of halogens is 1. The molecule has 1 aromatic carbocycles. The van der Waals surface area contributed by atoms with Gasteiger partial charge in [0.15, 0.2) is 0 Å². The molecule has 0 bridgehead atoms. The zero-order valence-electron chi connectivity index (χ0n) is 10.0. The molecule has 3 nitrogen and oxygen atoms in total. The Hall–Kier alpha value is -1.22. The number of benzene rings is 1. The average molecular weight is 242 g/mol. The minimum Gasteiger partial charge on any atom is -0.495 e. The normalized spacial score (nSPS) is 10.1. The number of carbonyl (C=O) groups is 1. The van der Waals surface area contributed by atoms with E-state index in [1.165, 1.54) is 0 Å². The predicted octanol–water partition coefficient (Wildman–Crippen LogP) is 2.60. The van der Waals surface area contributed by atoms with Crippen LogP contribution in [0.25, 0.3) is 0 Å². The van der Waals surface area contributed by atoms with Gasteiger partial charge in [0.1, 0.15) is 12.0 Å². The first-order valence-corrected chi connectivity index (χ1v) is 5.39. The third-order valence-electron chi connectivity index (χ3n) is 2.56. The number of anilines is 1. The average Bonchev–Trinajstić information content (AvgIpc) is 2.25. The van der Waals surface area contributed by atoms with E-state index >= 15 is 0 Å². The van der Waals surface area contributed by atoms with Crippen LogP contribution < -0.4 is 9.64 Å². The van der Waals surface area contributed by atoms with Gasteiger partial charge < -0.3 is 14.4 Å². The number of rotatable bonds is 4. The van der Waals surface area contributed by atoms with Crippen molar-refractivity contribution in [3.8, 4) is 5.75 Å². The topological polar surface area (TPSA) is 29.5 Å². The molecule has 0 aromatic heterocycles. The summed E-state index contributed by atoms with van der Waals surface area (Å²) in [6.45, 7) is 4.17. The number of aldehydes is 1. The van der Waals surface area contributed by atoms with Crippen LogP contribution >= 0.6 is 11.6 Å². The first-order chi connectivity index (χ1) is 7.52. The highest BCUT2D eigenvalue weighted by molar-refractivity contribution is 6.32. The minimum atomic E-state index is 0.316. The van der Waals surface area contributed by atoms with E-state index < -0.39 is 0 Å². The van der Waals surface area contributed by atoms with Crippen molar-refractivity contribution in [2.45, 2.75) is 13.8 Å².